The fraction of sp³-hybridized carbons (Fsp3) is 0.250. The topological polar surface area (TPSA) is 91.0 Å². The standard InChI is InChI=1S/C36H35ClN4O4/c1-4-34(43)41-22(2)19-31(28-15-9-10-16-32(28)41)38-23-17-18-30(29(37)20-23)39-33(42)21-40(3)36(44)45-35-26-13-7-5-11-24(26)25-12-6-8-14-27(25)35/h5-18,20,22,31,35,38H,4,19,21H2,1-3H3,(H,39,42)/t22-,31+/m0/s1. The van der Waals surface area contributed by atoms with Gasteiger partial charge in [-0.2, -0.15) is 0 Å². The first-order valence-electron chi connectivity index (χ1n) is 15.1. The summed E-state index contributed by atoms with van der Waals surface area (Å²) in [6, 6.07) is 29.0. The highest BCUT2D eigenvalue weighted by molar-refractivity contribution is 6.34. The number of fused-ring (bicyclic) bond motifs is 4. The second-order valence-electron chi connectivity index (χ2n) is 11.5. The zero-order valence-electron chi connectivity index (χ0n) is 25.4. The molecule has 1 aliphatic heterocycles. The summed E-state index contributed by atoms with van der Waals surface area (Å²) in [7, 11) is 1.53. The van der Waals surface area contributed by atoms with Gasteiger partial charge in [0.15, 0.2) is 6.10 Å². The van der Waals surface area contributed by atoms with Gasteiger partial charge >= 0.3 is 6.09 Å². The van der Waals surface area contributed by atoms with Gasteiger partial charge in [-0.05, 0) is 54.3 Å². The van der Waals surface area contributed by atoms with Crippen LogP contribution in [0.5, 0.6) is 0 Å². The van der Waals surface area contributed by atoms with Crippen LogP contribution >= 0.6 is 11.6 Å². The number of anilines is 3. The van der Waals surface area contributed by atoms with Crippen LogP contribution in [0.4, 0.5) is 21.9 Å². The third kappa shape index (κ3) is 5.98. The smallest absolute Gasteiger partial charge is 0.410 e. The minimum atomic E-state index is -0.603. The SMILES string of the molecule is CCC(=O)N1c2ccccc2[C@H](Nc2ccc(NC(=O)CN(C)C(=O)OC3c4ccccc4-c4ccccc43)c(Cl)c2)C[C@@H]1C. The molecule has 6 rings (SSSR count). The maximum Gasteiger partial charge on any atom is 0.410 e. The molecular weight excluding hydrogens is 588 g/mol. The molecule has 1 aliphatic carbocycles. The summed E-state index contributed by atoms with van der Waals surface area (Å²) >= 11 is 6.60. The fourth-order valence-corrected chi connectivity index (χ4v) is 6.53. The summed E-state index contributed by atoms with van der Waals surface area (Å²) in [6.45, 7) is 3.72. The second-order valence-corrected chi connectivity index (χ2v) is 11.9. The Morgan fingerprint density at radius 3 is 2.18 bits per heavy atom. The number of rotatable bonds is 7. The van der Waals surface area contributed by atoms with Gasteiger partial charge < -0.3 is 25.2 Å². The minimum Gasteiger partial charge on any atom is -0.436 e. The van der Waals surface area contributed by atoms with Gasteiger partial charge in [0.1, 0.15) is 6.54 Å². The molecule has 0 spiro atoms. The van der Waals surface area contributed by atoms with E-state index in [9.17, 15) is 14.4 Å². The van der Waals surface area contributed by atoms with Crippen LogP contribution in [0.1, 0.15) is 55.5 Å². The molecule has 0 fully saturated rings. The zero-order chi connectivity index (χ0) is 31.7. The number of nitrogens with zero attached hydrogens (tertiary/aromatic N) is 2. The quantitative estimate of drug-likeness (QED) is 0.219. The number of nitrogens with one attached hydrogen (secondary N) is 2. The zero-order valence-corrected chi connectivity index (χ0v) is 26.2. The van der Waals surface area contributed by atoms with Crippen LogP contribution in [0.2, 0.25) is 5.02 Å². The van der Waals surface area contributed by atoms with Crippen LogP contribution in [-0.4, -0.2) is 42.4 Å². The monoisotopic (exact) mass is 622 g/mol. The highest BCUT2D eigenvalue weighted by Gasteiger charge is 2.34. The van der Waals surface area contributed by atoms with Gasteiger partial charge in [0.2, 0.25) is 11.8 Å². The van der Waals surface area contributed by atoms with Crippen LogP contribution in [-0.2, 0) is 14.3 Å². The van der Waals surface area contributed by atoms with Crippen molar-refractivity contribution in [1.29, 1.82) is 0 Å². The lowest BCUT2D eigenvalue weighted by molar-refractivity contribution is -0.119. The lowest BCUT2D eigenvalue weighted by Gasteiger charge is -2.40. The number of carbonyl (C=O) groups excluding carboxylic acids is 3. The van der Waals surface area contributed by atoms with Gasteiger partial charge in [-0.25, -0.2) is 4.79 Å². The number of likely N-dealkylation sites (N-methyl/N-ethyl adjacent to an activating group) is 1. The number of ether oxygens (including phenoxy) is 1. The van der Waals surface area contributed by atoms with Crippen LogP contribution in [0.3, 0.4) is 0 Å². The van der Waals surface area contributed by atoms with E-state index >= 15 is 0 Å². The van der Waals surface area contributed by atoms with Crippen molar-refractivity contribution >= 4 is 46.6 Å². The van der Waals surface area contributed by atoms with E-state index in [1.165, 1.54) is 11.9 Å². The van der Waals surface area contributed by atoms with Gasteiger partial charge in [0, 0.05) is 42.0 Å². The Morgan fingerprint density at radius 2 is 1.53 bits per heavy atom. The van der Waals surface area contributed by atoms with E-state index < -0.39 is 18.1 Å². The molecule has 1 heterocycles. The molecule has 45 heavy (non-hydrogen) atoms. The highest BCUT2D eigenvalue weighted by atomic mass is 35.5. The van der Waals surface area contributed by atoms with Crippen LogP contribution in [0.15, 0.2) is 91.0 Å². The molecule has 0 saturated carbocycles. The van der Waals surface area contributed by atoms with Gasteiger partial charge in [-0.1, -0.05) is 85.3 Å². The molecule has 9 heteroatoms. The van der Waals surface area contributed by atoms with Crippen LogP contribution < -0.4 is 15.5 Å². The molecule has 4 aromatic rings. The van der Waals surface area contributed by atoms with Gasteiger partial charge in [0.25, 0.3) is 0 Å². The molecule has 0 radical (unpaired) electrons. The summed E-state index contributed by atoms with van der Waals surface area (Å²) in [6.07, 6.45) is 0.0344. The summed E-state index contributed by atoms with van der Waals surface area (Å²) in [5.41, 5.74) is 7.10. The predicted molar refractivity (Wildman–Crippen MR) is 178 cm³/mol. The molecule has 4 aromatic carbocycles. The van der Waals surface area contributed by atoms with Crippen LogP contribution in [0.25, 0.3) is 11.1 Å². The van der Waals surface area contributed by atoms with Crippen molar-refractivity contribution in [2.45, 2.75) is 44.9 Å². The summed E-state index contributed by atoms with van der Waals surface area (Å²) in [4.78, 5) is 41.8. The van der Waals surface area contributed by atoms with Gasteiger partial charge in [-0.15, -0.1) is 0 Å². The Hall–Kier alpha value is -4.82. The van der Waals surface area contributed by atoms with Crippen molar-refractivity contribution in [2.24, 2.45) is 0 Å². The number of halogens is 1. The predicted octanol–water partition coefficient (Wildman–Crippen LogP) is 7.81. The van der Waals surface area contributed by atoms with Crippen molar-refractivity contribution in [3.8, 4) is 11.1 Å². The van der Waals surface area contributed by atoms with E-state index in [2.05, 4.69) is 17.6 Å². The number of carbonyl (C=O) groups is 3. The van der Waals surface area contributed by atoms with Gasteiger partial charge in [0.05, 0.1) is 16.8 Å². The van der Waals surface area contributed by atoms with Gasteiger partial charge in [-0.3, -0.25) is 9.59 Å². The molecule has 0 saturated heterocycles. The molecule has 2 N–H and O–H groups in total. The second kappa shape index (κ2) is 12.7. The molecule has 0 bridgehead atoms. The molecule has 0 aromatic heterocycles. The highest BCUT2D eigenvalue weighted by Crippen LogP contribution is 2.45. The first kappa shape index (κ1) is 30.2. The number of para-hydroxylation sites is 1. The normalized spacial score (nSPS) is 16.7. The van der Waals surface area contributed by atoms with E-state index in [1.807, 2.05) is 90.7 Å². The van der Waals surface area contributed by atoms with E-state index in [-0.39, 0.29) is 24.5 Å². The third-order valence-corrected chi connectivity index (χ3v) is 8.75. The molecule has 2 atom stereocenters. The Bertz CT molecular complexity index is 1730. The molecule has 0 unspecified atom stereocenters. The van der Waals surface area contributed by atoms with E-state index in [0.29, 0.717) is 17.1 Å². The maximum absolute atomic E-state index is 13.1. The van der Waals surface area contributed by atoms with Crippen molar-refractivity contribution < 1.29 is 19.1 Å². The molecular formula is C36H35ClN4O4. The van der Waals surface area contributed by atoms with Crippen molar-refractivity contribution in [1.82, 2.24) is 4.90 Å². The Kier molecular flexibility index (Phi) is 8.50. The number of benzene rings is 4. The maximum atomic E-state index is 13.1. The first-order chi connectivity index (χ1) is 21.7. The van der Waals surface area contributed by atoms with E-state index in [1.54, 1.807) is 12.1 Å². The van der Waals surface area contributed by atoms with E-state index in [4.69, 9.17) is 16.3 Å². The summed E-state index contributed by atoms with van der Waals surface area (Å²) in [5.74, 6) is -0.301. The lowest BCUT2D eigenvalue weighted by Crippen LogP contribution is -2.44. The number of hydrogen-bond donors (Lipinski definition) is 2. The minimum absolute atomic E-state index is 0.0212. The Labute approximate surface area is 267 Å². The molecule has 230 valence electrons. The largest absolute Gasteiger partial charge is 0.436 e. The van der Waals surface area contributed by atoms with Crippen LogP contribution in [0, 0.1) is 0 Å². The fourth-order valence-electron chi connectivity index (χ4n) is 6.30. The molecule has 2 aliphatic rings. The van der Waals surface area contributed by atoms with Crippen molar-refractivity contribution in [2.75, 3.05) is 29.1 Å². The van der Waals surface area contributed by atoms with Crippen molar-refractivity contribution in [3.63, 3.8) is 0 Å². The molecule has 3 amide bonds. The lowest BCUT2D eigenvalue weighted by atomic mass is 9.91. The Balaban J connectivity index is 1.08. The number of hydrogen-bond acceptors (Lipinski definition) is 5. The van der Waals surface area contributed by atoms with Crippen molar-refractivity contribution in [3.05, 3.63) is 113 Å². The average Bonchev–Trinajstić information content (AvgIpc) is 3.35. The first-order valence-corrected chi connectivity index (χ1v) is 15.5. The third-order valence-electron chi connectivity index (χ3n) is 8.43. The Morgan fingerprint density at radius 1 is 0.911 bits per heavy atom. The molecule has 8 nitrogen and oxygen atoms in total. The average molecular weight is 623 g/mol. The van der Waals surface area contributed by atoms with E-state index in [0.717, 1.165) is 45.6 Å². The summed E-state index contributed by atoms with van der Waals surface area (Å²) < 4.78 is 5.90. The summed E-state index contributed by atoms with van der Waals surface area (Å²) in [5, 5.41) is 6.72. The number of amides is 3.